The molecular formula is C10H19N. The Kier molecular flexibility index (Phi) is 5.63. The second kappa shape index (κ2) is 6.02. The molecule has 0 rings (SSSR count). The quantitative estimate of drug-likeness (QED) is 0.586. The monoisotopic (exact) mass is 153 g/mol. The maximum atomic E-state index is 3.69. The Labute approximate surface area is 70.4 Å². The van der Waals surface area contributed by atoms with Crippen molar-refractivity contribution in [3.63, 3.8) is 0 Å². The fraction of sp³-hybridized carbons (Fsp3) is 0.600. The van der Waals surface area contributed by atoms with E-state index in [-0.39, 0.29) is 0 Å². The van der Waals surface area contributed by atoms with Crippen LogP contribution in [0.4, 0.5) is 0 Å². The molecule has 0 aromatic rings. The molecule has 0 saturated carbocycles. The van der Waals surface area contributed by atoms with Crippen LogP contribution in [-0.2, 0) is 0 Å². The summed E-state index contributed by atoms with van der Waals surface area (Å²) in [5.41, 5.74) is 1.50. The number of hydrogen-bond acceptors (Lipinski definition) is 1. The Hall–Kier alpha value is -0.720. The number of hydrogen-bond donors (Lipinski definition) is 0. The van der Waals surface area contributed by atoms with Crippen molar-refractivity contribution < 1.29 is 0 Å². The Morgan fingerprint density at radius 1 is 1.45 bits per heavy atom. The third kappa shape index (κ3) is 4.65. The summed E-state index contributed by atoms with van der Waals surface area (Å²) in [6.07, 6.45) is 7.56. The van der Waals surface area contributed by atoms with Gasteiger partial charge in [0.25, 0.3) is 0 Å². The Morgan fingerprint density at radius 2 is 2.09 bits per heavy atom. The highest BCUT2D eigenvalue weighted by Crippen LogP contribution is 2.09. The van der Waals surface area contributed by atoms with Crippen LogP contribution < -0.4 is 0 Å². The summed E-state index contributed by atoms with van der Waals surface area (Å²) in [7, 11) is 2.01. The van der Waals surface area contributed by atoms with Crippen molar-refractivity contribution in [2.24, 2.45) is 0 Å². The van der Waals surface area contributed by atoms with Gasteiger partial charge in [-0.3, -0.25) is 0 Å². The normalized spacial score (nSPS) is 11.4. The third-order valence-corrected chi connectivity index (χ3v) is 1.70. The van der Waals surface area contributed by atoms with Crippen molar-refractivity contribution >= 4 is 0 Å². The highest BCUT2D eigenvalue weighted by molar-refractivity contribution is 5.01. The van der Waals surface area contributed by atoms with Gasteiger partial charge in [-0.1, -0.05) is 32.4 Å². The van der Waals surface area contributed by atoms with E-state index in [9.17, 15) is 0 Å². The van der Waals surface area contributed by atoms with Gasteiger partial charge in [-0.25, -0.2) is 0 Å². The zero-order chi connectivity index (χ0) is 8.69. The molecule has 0 N–H and O–H groups in total. The maximum Gasteiger partial charge on any atom is 0.0106 e. The molecule has 0 aromatic carbocycles. The summed E-state index contributed by atoms with van der Waals surface area (Å²) < 4.78 is 0. The van der Waals surface area contributed by atoms with Gasteiger partial charge in [0.05, 0.1) is 0 Å². The average Bonchev–Trinajstić information content (AvgIpc) is 2.03. The molecule has 0 bridgehead atoms. The second-order valence-corrected chi connectivity index (χ2v) is 2.74. The van der Waals surface area contributed by atoms with Crippen LogP contribution in [0.2, 0.25) is 0 Å². The summed E-state index contributed by atoms with van der Waals surface area (Å²) in [6.45, 7) is 8.09. The highest BCUT2D eigenvalue weighted by atomic mass is 15.0. The third-order valence-electron chi connectivity index (χ3n) is 1.70. The van der Waals surface area contributed by atoms with Gasteiger partial charge in [0.15, 0.2) is 0 Å². The van der Waals surface area contributed by atoms with Gasteiger partial charge >= 0.3 is 0 Å². The molecule has 1 nitrogen and oxygen atoms in total. The summed E-state index contributed by atoms with van der Waals surface area (Å²) in [5, 5.41) is 0. The SMILES string of the molecule is C=CN(C)/C=C(\CC)CCC. The van der Waals surface area contributed by atoms with E-state index in [0.29, 0.717) is 0 Å². The lowest BCUT2D eigenvalue weighted by atomic mass is 10.1. The predicted molar refractivity (Wildman–Crippen MR) is 51.2 cm³/mol. The molecule has 0 aromatic heterocycles. The lowest BCUT2D eigenvalue weighted by Gasteiger charge is -2.10. The summed E-state index contributed by atoms with van der Waals surface area (Å²) >= 11 is 0. The Bertz CT molecular complexity index is 136. The average molecular weight is 153 g/mol. The zero-order valence-electron chi connectivity index (χ0n) is 7.93. The lowest BCUT2D eigenvalue weighted by Crippen LogP contribution is -2.01. The first kappa shape index (κ1) is 10.3. The molecular weight excluding hydrogens is 134 g/mol. The van der Waals surface area contributed by atoms with Crippen LogP contribution in [0.3, 0.4) is 0 Å². The molecule has 0 amide bonds. The van der Waals surface area contributed by atoms with Crippen molar-refractivity contribution in [3.8, 4) is 0 Å². The van der Waals surface area contributed by atoms with Crippen molar-refractivity contribution in [1.82, 2.24) is 4.90 Å². The van der Waals surface area contributed by atoms with E-state index in [1.807, 2.05) is 18.1 Å². The van der Waals surface area contributed by atoms with E-state index in [1.54, 1.807) is 0 Å². The van der Waals surface area contributed by atoms with Gasteiger partial charge in [-0.15, -0.1) is 0 Å². The van der Waals surface area contributed by atoms with Crippen LogP contribution in [0.15, 0.2) is 24.6 Å². The molecule has 0 radical (unpaired) electrons. The maximum absolute atomic E-state index is 3.69. The number of allylic oxidation sites excluding steroid dienone is 1. The van der Waals surface area contributed by atoms with E-state index >= 15 is 0 Å². The molecule has 64 valence electrons. The molecule has 0 aliphatic rings. The van der Waals surface area contributed by atoms with Gasteiger partial charge in [0.1, 0.15) is 0 Å². The topological polar surface area (TPSA) is 3.24 Å². The van der Waals surface area contributed by atoms with E-state index in [2.05, 4.69) is 26.6 Å². The van der Waals surface area contributed by atoms with Gasteiger partial charge in [-0.05, 0) is 19.0 Å². The number of rotatable bonds is 5. The van der Waals surface area contributed by atoms with Gasteiger partial charge in [0.2, 0.25) is 0 Å². The van der Waals surface area contributed by atoms with E-state index in [0.717, 1.165) is 6.42 Å². The molecule has 0 atom stereocenters. The smallest absolute Gasteiger partial charge is 0.0106 e. The molecule has 0 spiro atoms. The van der Waals surface area contributed by atoms with Crippen LogP contribution in [0, 0.1) is 0 Å². The lowest BCUT2D eigenvalue weighted by molar-refractivity contribution is 0.610. The standard InChI is InChI=1S/C10H19N/c1-5-8-10(6-2)9-11(4)7-3/h7,9H,3,5-6,8H2,1-2,4H3/b10-9+. The number of nitrogens with zero attached hydrogens (tertiary/aromatic N) is 1. The van der Waals surface area contributed by atoms with E-state index in [1.165, 1.54) is 18.4 Å². The molecule has 11 heavy (non-hydrogen) atoms. The van der Waals surface area contributed by atoms with Crippen LogP contribution in [-0.4, -0.2) is 11.9 Å². The molecule has 0 aliphatic heterocycles. The summed E-state index contributed by atoms with van der Waals surface area (Å²) in [5.74, 6) is 0. The van der Waals surface area contributed by atoms with Crippen molar-refractivity contribution in [3.05, 3.63) is 24.6 Å². The van der Waals surface area contributed by atoms with Crippen molar-refractivity contribution in [2.45, 2.75) is 33.1 Å². The van der Waals surface area contributed by atoms with Crippen LogP contribution in [0.5, 0.6) is 0 Å². The van der Waals surface area contributed by atoms with Gasteiger partial charge < -0.3 is 4.90 Å². The van der Waals surface area contributed by atoms with Crippen LogP contribution in [0.25, 0.3) is 0 Å². The highest BCUT2D eigenvalue weighted by Gasteiger charge is 1.92. The first-order chi connectivity index (χ1) is 5.24. The molecule has 0 saturated heterocycles. The predicted octanol–water partition coefficient (Wildman–Crippen LogP) is 3.16. The minimum absolute atomic E-state index is 1.14. The molecule has 0 unspecified atom stereocenters. The minimum atomic E-state index is 1.14. The van der Waals surface area contributed by atoms with Gasteiger partial charge in [0, 0.05) is 13.2 Å². The Morgan fingerprint density at radius 3 is 2.45 bits per heavy atom. The molecule has 1 heteroatoms. The summed E-state index contributed by atoms with van der Waals surface area (Å²) in [4.78, 5) is 2.01. The first-order valence-electron chi connectivity index (χ1n) is 4.28. The molecule has 0 fully saturated rings. The molecule has 0 aliphatic carbocycles. The van der Waals surface area contributed by atoms with E-state index < -0.39 is 0 Å². The van der Waals surface area contributed by atoms with Crippen LogP contribution >= 0.6 is 0 Å². The Balaban J connectivity index is 3.98. The minimum Gasteiger partial charge on any atom is -0.358 e. The van der Waals surface area contributed by atoms with Crippen molar-refractivity contribution in [2.75, 3.05) is 7.05 Å². The van der Waals surface area contributed by atoms with E-state index in [4.69, 9.17) is 0 Å². The fourth-order valence-electron chi connectivity index (χ4n) is 0.994. The first-order valence-corrected chi connectivity index (χ1v) is 4.28. The van der Waals surface area contributed by atoms with Crippen LogP contribution in [0.1, 0.15) is 33.1 Å². The zero-order valence-corrected chi connectivity index (χ0v) is 7.93. The second-order valence-electron chi connectivity index (χ2n) is 2.74. The van der Waals surface area contributed by atoms with Crippen molar-refractivity contribution in [1.29, 1.82) is 0 Å². The van der Waals surface area contributed by atoms with Gasteiger partial charge in [-0.2, -0.15) is 0 Å². The largest absolute Gasteiger partial charge is 0.358 e. The summed E-state index contributed by atoms with van der Waals surface area (Å²) in [6, 6.07) is 0. The fourth-order valence-corrected chi connectivity index (χ4v) is 0.994. The molecule has 0 heterocycles.